The fraction of sp³-hybridized carbons (Fsp3) is 0.286. The minimum Gasteiger partial charge on any atom is -0.456 e. The normalized spacial score (nSPS) is 14.5. The minimum absolute atomic E-state index is 0.192. The van der Waals surface area contributed by atoms with Gasteiger partial charge in [0, 0.05) is 83.7 Å². The van der Waals surface area contributed by atoms with Gasteiger partial charge in [-0.2, -0.15) is 5.10 Å². The van der Waals surface area contributed by atoms with Crippen LogP contribution in [-0.2, 0) is 5.54 Å². The summed E-state index contributed by atoms with van der Waals surface area (Å²) < 4.78 is 6.75. The third kappa shape index (κ3) is 4.54. The number of benzene rings is 3. The molecule has 0 bridgehead atoms. The van der Waals surface area contributed by atoms with Gasteiger partial charge in [0.1, 0.15) is 22.2 Å². The van der Waals surface area contributed by atoms with E-state index in [1.54, 1.807) is 17.4 Å². The first-order chi connectivity index (χ1) is 20.9. The van der Waals surface area contributed by atoms with Crippen LogP contribution in [0.15, 0.2) is 78.0 Å². The summed E-state index contributed by atoms with van der Waals surface area (Å²) in [7, 11) is 0. The summed E-state index contributed by atoms with van der Waals surface area (Å²) in [6.07, 6.45) is 3.35. The summed E-state index contributed by atoms with van der Waals surface area (Å²) in [5.41, 5.74) is 5.84. The van der Waals surface area contributed by atoms with Gasteiger partial charge in [-0.25, -0.2) is 9.99 Å². The second-order valence-electron chi connectivity index (χ2n) is 10.8. The summed E-state index contributed by atoms with van der Waals surface area (Å²) in [6.45, 7) is 14.0. The number of hydrogen-bond acceptors (Lipinski definition) is 6. The number of rotatable bonds is 8. The topological polar surface area (TPSA) is 61.3 Å². The quantitative estimate of drug-likeness (QED) is 0.155. The van der Waals surface area contributed by atoms with Gasteiger partial charge in [0.25, 0.3) is 5.91 Å². The molecule has 0 saturated heterocycles. The largest absolute Gasteiger partial charge is 0.456 e. The van der Waals surface area contributed by atoms with Crippen LogP contribution in [0.1, 0.15) is 65.9 Å². The zero-order chi connectivity index (χ0) is 30.3. The summed E-state index contributed by atoms with van der Waals surface area (Å²) in [5, 5.41) is 6.83. The van der Waals surface area contributed by atoms with Crippen molar-refractivity contribution in [2.45, 2.75) is 40.2 Å². The zero-order valence-electron chi connectivity index (χ0n) is 25.3. The van der Waals surface area contributed by atoms with E-state index >= 15 is 0 Å². The number of carbonyl (C=O) groups excluding carboxylic acids is 1. The first-order valence-corrected chi connectivity index (χ1v) is 15.3. The Morgan fingerprint density at radius 1 is 0.860 bits per heavy atom. The second kappa shape index (κ2) is 11.4. The van der Waals surface area contributed by atoms with Gasteiger partial charge in [0.2, 0.25) is 0 Å². The Balaban J connectivity index is 1.65. The predicted octanol–water partition coefficient (Wildman–Crippen LogP) is 7.62. The van der Waals surface area contributed by atoms with Crippen LogP contribution in [0.2, 0.25) is 5.15 Å². The summed E-state index contributed by atoms with van der Waals surface area (Å²) in [4.78, 5) is 23.2. The molecule has 8 heteroatoms. The van der Waals surface area contributed by atoms with Crippen LogP contribution < -0.4 is 14.5 Å². The molecule has 0 radical (unpaired) electrons. The third-order valence-corrected chi connectivity index (χ3v) is 8.88. The second-order valence-corrected chi connectivity index (χ2v) is 11.2. The van der Waals surface area contributed by atoms with Crippen LogP contribution in [-0.4, -0.2) is 48.3 Å². The smallest absolute Gasteiger partial charge is 0.275 e. The molecule has 3 heterocycles. The van der Waals surface area contributed by atoms with Crippen molar-refractivity contribution in [3.8, 4) is 11.5 Å². The highest BCUT2D eigenvalue weighted by Gasteiger charge is 2.57. The lowest BCUT2D eigenvalue weighted by atomic mass is 9.75. The highest BCUT2D eigenvalue weighted by atomic mass is 35.5. The van der Waals surface area contributed by atoms with Crippen LogP contribution in [0, 0.1) is 6.92 Å². The van der Waals surface area contributed by atoms with Gasteiger partial charge in [0.15, 0.2) is 0 Å². The molecule has 0 fully saturated rings. The van der Waals surface area contributed by atoms with E-state index in [0.717, 1.165) is 59.8 Å². The van der Waals surface area contributed by atoms with Crippen molar-refractivity contribution in [2.24, 2.45) is 5.10 Å². The Bertz CT molecular complexity index is 1670. The number of hydrogen-bond donors (Lipinski definition) is 0. The van der Waals surface area contributed by atoms with E-state index < -0.39 is 5.54 Å². The van der Waals surface area contributed by atoms with Crippen molar-refractivity contribution in [2.75, 3.05) is 36.0 Å². The first-order valence-electron chi connectivity index (χ1n) is 14.9. The number of fused-ring (bicyclic) bond motifs is 6. The van der Waals surface area contributed by atoms with E-state index in [1.807, 2.05) is 37.3 Å². The van der Waals surface area contributed by atoms with Crippen molar-refractivity contribution >= 4 is 35.1 Å². The number of aryl methyl sites for hydroxylation is 1. The molecule has 4 aromatic rings. The maximum Gasteiger partial charge on any atom is 0.275 e. The van der Waals surface area contributed by atoms with Gasteiger partial charge in [-0.1, -0.05) is 41.9 Å². The van der Waals surface area contributed by atoms with Gasteiger partial charge < -0.3 is 14.5 Å². The van der Waals surface area contributed by atoms with Gasteiger partial charge in [-0.3, -0.25) is 4.79 Å². The van der Waals surface area contributed by atoms with Gasteiger partial charge >= 0.3 is 0 Å². The van der Waals surface area contributed by atoms with Crippen LogP contribution in [0.3, 0.4) is 0 Å². The molecule has 1 aromatic heterocycles. The summed E-state index contributed by atoms with van der Waals surface area (Å²) >= 11 is 6.46. The molecule has 0 saturated carbocycles. The number of carbonyl (C=O) groups is 1. The van der Waals surface area contributed by atoms with Gasteiger partial charge in [-0.15, -0.1) is 0 Å². The Morgan fingerprint density at radius 3 is 2.02 bits per heavy atom. The van der Waals surface area contributed by atoms with Crippen molar-refractivity contribution in [1.82, 2.24) is 9.99 Å². The molecular weight excluding hydrogens is 558 g/mol. The third-order valence-electron chi connectivity index (χ3n) is 8.56. The van der Waals surface area contributed by atoms with Crippen molar-refractivity contribution in [1.29, 1.82) is 0 Å². The van der Waals surface area contributed by atoms with E-state index in [2.05, 4.69) is 78.9 Å². The van der Waals surface area contributed by atoms with Crippen molar-refractivity contribution in [3.63, 3.8) is 0 Å². The van der Waals surface area contributed by atoms with Crippen molar-refractivity contribution < 1.29 is 9.53 Å². The molecule has 7 nitrogen and oxygen atoms in total. The molecule has 0 N–H and O–H groups in total. The number of halogens is 1. The Morgan fingerprint density at radius 2 is 1.44 bits per heavy atom. The lowest BCUT2D eigenvalue weighted by molar-refractivity contribution is 0.0675. The summed E-state index contributed by atoms with van der Waals surface area (Å²) in [5.74, 6) is 1.21. The fourth-order valence-electron chi connectivity index (χ4n) is 6.43. The molecule has 3 aromatic carbocycles. The maximum atomic E-state index is 14.3. The van der Waals surface area contributed by atoms with Crippen molar-refractivity contribution in [3.05, 3.63) is 111 Å². The first kappa shape index (κ1) is 28.7. The standard InChI is InChI=1S/C35H36ClN5O2/c1-6-39(7-2)25-14-16-29-31(19-25)43-32-20-26(40(8-3)9-4)15-17-30(32)35(29)28-13-11-10-12-27(28)34(42)41(35)38-22-24-18-23(5)21-37-33(24)36/h10-22H,6-9H2,1-5H3/b38-22+. The van der Waals surface area contributed by atoms with Crippen LogP contribution >= 0.6 is 11.6 Å². The average Bonchev–Trinajstić information content (AvgIpc) is 3.26. The molecule has 1 spiro atoms. The van der Waals surface area contributed by atoms with Crippen LogP contribution in [0.25, 0.3) is 0 Å². The van der Waals surface area contributed by atoms with E-state index in [4.69, 9.17) is 21.4 Å². The summed E-state index contributed by atoms with van der Waals surface area (Å²) in [6, 6.07) is 22.3. The predicted molar refractivity (Wildman–Crippen MR) is 174 cm³/mol. The minimum atomic E-state index is -1.06. The Kier molecular flexibility index (Phi) is 7.61. The van der Waals surface area contributed by atoms with Crippen LogP contribution in [0.5, 0.6) is 11.5 Å². The molecule has 220 valence electrons. The molecule has 0 unspecified atom stereocenters. The molecule has 2 aliphatic heterocycles. The molecular formula is C35H36ClN5O2. The van der Waals surface area contributed by atoms with E-state index in [9.17, 15) is 4.79 Å². The molecule has 0 atom stereocenters. The number of pyridine rings is 1. The molecule has 6 rings (SSSR count). The van der Waals surface area contributed by atoms with Gasteiger partial charge in [0.05, 0.1) is 6.21 Å². The lowest BCUT2D eigenvalue weighted by Crippen LogP contribution is -2.44. The molecule has 43 heavy (non-hydrogen) atoms. The monoisotopic (exact) mass is 593 g/mol. The fourth-order valence-corrected chi connectivity index (χ4v) is 6.58. The average molecular weight is 594 g/mol. The number of ether oxygens (including phenoxy) is 1. The Hall–Kier alpha value is -4.36. The van der Waals surface area contributed by atoms with Gasteiger partial charge in [-0.05, 0) is 64.4 Å². The number of anilines is 2. The van der Waals surface area contributed by atoms with Crippen LogP contribution in [0.4, 0.5) is 11.4 Å². The SMILES string of the molecule is CCN(CC)c1ccc2c(c1)Oc1cc(N(CC)CC)ccc1C21c2ccccc2C(=O)N1/N=C/c1cc(C)cnc1Cl. The highest BCUT2D eigenvalue weighted by Crippen LogP contribution is 2.58. The lowest BCUT2D eigenvalue weighted by Gasteiger charge is -2.42. The van der Waals surface area contributed by atoms with E-state index in [0.29, 0.717) is 27.8 Å². The Labute approximate surface area is 258 Å². The maximum absolute atomic E-state index is 14.3. The zero-order valence-corrected chi connectivity index (χ0v) is 26.0. The number of amides is 1. The molecule has 0 aliphatic carbocycles. The van der Waals surface area contributed by atoms with E-state index in [-0.39, 0.29) is 5.91 Å². The number of nitrogens with zero attached hydrogens (tertiary/aromatic N) is 5. The molecule has 2 aliphatic rings. The molecule has 1 amide bonds. The number of hydrazone groups is 1. The highest BCUT2D eigenvalue weighted by molar-refractivity contribution is 6.31. The number of aromatic nitrogens is 1. The van der Waals surface area contributed by atoms with E-state index in [1.165, 1.54) is 0 Å².